The molecule has 0 saturated carbocycles. The molecule has 1 amide bonds. The van der Waals surface area contributed by atoms with Crippen LogP contribution < -0.4 is 10.2 Å². The van der Waals surface area contributed by atoms with Crippen LogP contribution in [-0.4, -0.2) is 26.0 Å². The van der Waals surface area contributed by atoms with Crippen LogP contribution in [0.1, 0.15) is 42.7 Å². The molecule has 0 spiro atoms. The third-order valence-corrected chi connectivity index (χ3v) is 4.49. The number of hydrogen-bond donors (Lipinski definition) is 1. The normalized spacial score (nSPS) is 23.9. The fraction of sp³-hybridized carbons (Fsp3) is 0.562. The number of aryl methyl sites for hydroxylation is 1. The van der Waals surface area contributed by atoms with Crippen LogP contribution in [0.2, 0.25) is 0 Å². The average molecular weight is 258 g/mol. The van der Waals surface area contributed by atoms with Gasteiger partial charge in [0.1, 0.15) is 0 Å². The molecule has 1 N–H and O–H groups in total. The Labute approximate surface area is 115 Å². The number of amides is 1. The number of carbonyl (C=O) groups is 1. The van der Waals surface area contributed by atoms with Crippen molar-refractivity contribution in [3.05, 3.63) is 29.3 Å². The molecule has 1 aromatic carbocycles. The summed E-state index contributed by atoms with van der Waals surface area (Å²) in [7, 11) is 1.88. The van der Waals surface area contributed by atoms with Crippen molar-refractivity contribution in [2.24, 2.45) is 0 Å². The minimum Gasteiger partial charge on any atom is -0.317 e. The molecule has 1 unspecified atom stereocenters. The van der Waals surface area contributed by atoms with Gasteiger partial charge in [-0.2, -0.15) is 0 Å². The van der Waals surface area contributed by atoms with Crippen LogP contribution in [-0.2, 0) is 11.2 Å². The molecule has 0 aliphatic carbocycles. The van der Waals surface area contributed by atoms with Crippen LogP contribution in [0.5, 0.6) is 0 Å². The summed E-state index contributed by atoms with van der Waals surface area (Å²) in [5, 5.41) is 3.47. The van der Waals surface area contributed by atoms with Crippen molar-refractivity contribution < 1.29 is 4.79 Å². The molecule has 2 heterocycles. The number of nitrogens with zero attached hydrogens (tertiary/aromatic N) is 1. The van der Waals surface area contributed by atoms with E-state index in [-0.39, 0.29) is 5.91 Å². The minimum absolute atomic E-state index is 0.235. The summed E-state index contributed by atoms with van der Waals surface area (Å²) in [4.78, 5) is 13.5. The predicted molar refractivity (Wildman–Crippen MR) is 77.6 cm³/mol. The Hall–Kier alpha value is -1.35. The number of fused-ring (bicyclic) bond motifs is 1. The molecule has 19 heavy (non-hydrogen) atoms. The molecule has 0 radical (unpaired) electrons. The van der Waals surface area contributed by atoms with Crippen molar-refractivity contribution >= 4 is 11.6 Å². The lowest BCUT2D eigenvalue weighted by atomic mass is 9.89. The van der Waals surface area contributed by atoms with Crippen LogP contribution in [0.3, 0.4) is 0 Å². The van der Waals surface area contributed by atoms with Crippen molar-refractivity contribution in [3.63, 3.8) is 0 Å². The average Bonchev–Trinajstić information content (AvgIpc) is 2.72. The zero-order valence-electron chi connectivity index (χ0n) is 11.6. The highest BCUT2D eigenvalue weighted by atomic mass is 16.2. The van der Waals surface area contributed by atoms with Crippen molar-refractivity contribution in [3.8, 4) is 0 Å². The standard InChI is InChI=1S/C16H22N2O/c1-18-15-6-4-13(11-14(15)5-7-16(18)19)12-3-2-9-17-10-8-12/h4,6,11-12,17H,2-3,5,7-10H2,1H3. The van der Waals surface area contributed by atoms with E-state index in [4.69, 9.17) is 0 Å². The summed E-state index contributed by atoms with van der Waals surface area (Å²) in [6, 6.07) is 6.71. The lowest BCUT2D eigenvalue weighted by Crippen LogP contribution is -2.31. The molecule has 3 heteroatoms. The first-order valence-electron chi connectivity index (χ1n) is 7.36. The first-order chi connectivity index (χ1) is 9.25. The molecule has 1 atom stereocenters. The van der Waals surface area contributed by atoms with E-state index in [9.17, 15) is 4.79 Å². The number of carbonyl (C=O) groups excluding carboxylic acids is 1. The monoisotopic (exact) mass is 258 g/mol. The SMILES string of the molecule is CN1C(=O)CCc2cc(C3CCCNCC3)ccc21. The third-order valence-electron chi connectivity index (χ3n) is 4.49. The molecule has 2 aliphatic heterocycles. The highest BCUT2D eigenvalue weighted by molar-refractivity contribution is 5.95. The van der Waals surface area contributed by atoms with E-state index in [2.05, 4.69) is 23.5 Å². The van der Waals surface area contributed by atoms with Crippen LogP contribution in [0.15, 0.2) is 18.2 Å². The third kappa shape index (κ3) is 2.52. The number of rotatable bonds is 1. The van der Waals surface area contributed by atoms with Crippen molar-refractivity contribution in [1.29, 1.82) is 0 Å². The van der Waals surface area contributed by atoms with Crippen LogP contribution in [0.25, 0.3) is 0 Å². The van der Waals surface area contributed by atoms with Crippen LogP contribution >= 0.6 is 0 Å². The first-order valence-corrected chi connectivity index (χ1v) is 7.36. The molecular weight excluding hydrogens is 236 g/mol. The molecule has 1 fully saturated rings. The van der Waals surface area contributed by atoms with Gasteiger partial charge in [0.05, 0.1) is 0 Å². The maximum Gasteiger partial charge on any atom is 0.227 e. The van der Waals surface area contributed by atoms with Crippen molar-refractivity contribution in [2.75, 3.05) is 25.0 Å². The molecule has 3 rings (SSSR count). The molecule has 0 bridgehead atoms. The second-order valence-corrected chi connectivity index (χ2v) is 5.72. The summed E-state index contributed by atoms with van der Waals surface area (Å²) >= 11 is 0. The van der Waals surface area contributed by atoms with Gasteiger partial charge in [-0.1, -0.05) is 12.1 Å². The Balaban J connectivity index is 1.86. The number of anilines is 1. The predicted octanol–water partition coefficient (Wildman–Crippen LogP) is 2.45. The molecule has 1 aromatic rings. The smallest absolute Gasteiger partial charge is 0.227 e. The number of benzene rings is 1. The van der Waals surface area contributed by atoms with E-state index >= 15 is 0 Å². The summed E-state index contributed by atoms with van der Waals surface area (Å²) in [5.41, 5.74) is 3.91. The van der Waals surface area contributed by atoms with Crippen LogP contribution in [0.4, 0.5) is 5.69 Å². The van der Waals surface area contributed by atoms with Crippen LogP contribution in [0, 0.1) is 0 Å². The molecule has 2 aliphatic rings. The zero-order valence-corrected chi connectivity index (χ0v) is 11.6. The Morgan fingerprint density at radius 2 is 2.11 bits per heavy atom. The van der Waals surface area contributed by atoms with E-state index in [0.717, 1.165) is 25.2 Å². The van der Waals surface area contributed by atoms with Gasteiger partial charge in [0, 0.05) is 19.2 Å². The van der Waals surface area contributed by atoms with Gasteiger partial charge in [0.2, 0.25) is 5.91 Å². The lowest BCUT2D eigenvalue weighted by molar-refractivity contribution is -0.118. The molecule has 0 aromatic heterocycles. The van der Waals surface area contributed by atoms with Gasteiger partial charge in [-0.25, -0.2) is 0 Å². The van der Waals surface area contributed by atoms with E-state index in [1.807, 2.05) is 7.05 Å². The molecule has 1 saturated heterocycles. The first kappa shape index (κ1) is 12.7. The summed E-state index contributed by atoms with van der Waals surface area (Å²) in [6.45, 7) is 2.28. The van der Waals surface area contributed by atoms with Gasteiger partial charge in [-0.3, -0.25) is 4.79 Å². The van der Waals surface area contributed by atoms with E-state index < -0.39 is 0 Å². The van der Waals surface area contributed by atoms with E-state index in [1.165, 1.54) is 30.4 Å². The fourth-order valence-corrected chi connectivity index (χ4v) is 3.28. The van der Waals surface area contributed by atoms with Gasteiger partial charge >= 0.3 is 0 Å². The van der Waals surface area contributed by atoms with Gasteiger partial charge < -0.3 is 10.2 Å². The van der Waals surface area contributed by atoms with E-state index in [0.29, 0.717) is 12.3 Å². The topological polar surface area (TPSA) is 32.3 Å². The maximum atomic E-state index is 11.7. The van der Waals surface area contributed by atoms with Gasteiger partial charge in [0.15, 0.2) is 0 Å². The summed E-state index contributed by atoms with van der Waals surface area (Å²) in [6.07, 6.45) is 5.32. The lowest BCUT2D eigenvalue weighted by Gasteiger charge is -2.27. The number of hydrogen-bond acceptors (Lipinski definition) is 2. The van der Waals surface area contributed by atoms with Gasteiger partial charge in [-0.15, -0.1) is 0 Å². The second-order valence-electron chi connectivity index (χ2n) is 5.72. The van der Waals surface area contributed by atoms with E-state index in [1.54, 1.807) is 4.90 Å². The van der Waals surface area contributed by atoms with Crippen molar-refractivity contribution in [2.45, 2.75) is 38.0 Å². The highest BCUT2D eigenvalue weighted by Crippen LogP contribution is 2.33. The van der Waals surface area contributed by atoms with Gasteiger partial charge in [-0.05, 0) is 61.9 Å². The highest BCUT2D eigenvalue weighted by Gasteiger charge is 2.22. The zero-order chi connectivity index (χ0) is 13.2. The quantitative estimate of drug-likeness (QED) is 0.839. The summed E-state index contributed by atoms with van der Waals surface area (Å²) < 4.78 is 0. The molecule has 3 nitrogen and oxygen atoms in total. The minimum atomic E-state index is 0.235. The maximum absolute atomic E-state index is 11.7. The Morgan fingerprint density at radius 3 is 3.00 bits per heavy atom. The summed E-state index contributed by atoms with van der Waals surface area (Å²) in [5.74, 6) is 0.919. The molecule has 102 valence electrons. The second kappa shape index (κ2) is 5.33. The Bertz CT molecular complexity index is 476. The van der Waals surface area contributed by atoms with Gasteiger partial charge in [0.25, 0.3) is 0 Å². The van der Waals surface area contributed by atoms with Crippen molar-refractivity contribution in [1.82, 2.24) is 5.32 Å². The largest absolute Gasteiger partial charge is 0.317 e. The molecular formula is C16H22N2O. The number of nitrogens with one attached hydrogen (secondary N) is 1. The fourth-order valence-electron chi connectivity index (χ4n) is 3.28. The Morgan fingerprint density at radius 1 is 1.21 bits per heavy atom. The Kier molecular flexibility index (Phi) is 3.56.